The van der Waals surface area contributed by atoms with Gasteiger partial charge in [-0.2, -0.15) is 0 Å². The van der Waals surface area contributed by atoms with Crippen LogP contribution in [0.25, 0.3) is 0 Å². The third-order valence-corrected chi connectivity index (χ3v) is 5.64. The Morgan fingerprint density at radius 3 is 2.62 bits per heavy atom. The normalized spacial score (nSPS) is 22.5. The summed E-state index contributed by atoms with van der Waals surface area (Å²) in [4.78, 5) is 11.6. The minimum Gasteiger partial charge on any atom is -0.506 e. The van der Waals surface area contributed by atoms with Gasteiger partial charge in [0, 0.05) is 52.4 Å². The van der Waals surface area contributed by atoms with Crippen molar-refractivity contribution in [2.75, 3.05) is 57.8 Å². The summed E-state index contributed by atoms with van der Waals surface area (Å²) in [5, 5.41) is 13.6. The fraction of sp³-hybridized carbons (Fsp3) is 0.650. The van der Waals surface area contributed by atoms with Gasteiger partial charge in [0.25, 0.3) is 0 Å². The SMILES string of the molecule is CN=C(NCCN1CCCCC1C)N1CCN(c2ccccc2O)CC1. The highest BCUT2D eigenvalue weighted by atomic mass is 16.3. The third kappa shape index (κ3) is 4.61. The van der Waals surface area contributed by atoms with E-state index in [1.165, 1.54) is 25.8 Å². The molecule has 2 fully saturated rings. The van der Waals surface area contributed by atoms with E-state index in [0.29, 0.717) is 11.8 Å². The molecule has 0 radical (unpaired) electrons. The molecule has 0 amide bonds. The van der Waals surface area contributed by atoms with E-state index in [1.54, 1.807) is 6.07 Å². The van der Waals surface area contributed by atoms with Gasteiger partial charge in [-0.25, -0.2) is 0 Å². The number of hydrogen-bond acceptors (Lipinski definition) is 4. The van der Waals surface area contributed by atoms with Gasteiger partial charge in [0.2, 0.25) is 0 Å². The Bertz CT molecular complexity index is 598. The molecule has 2 heterocycles. The summed E-state index contributed by atoms with van der Waals surface area (Å²) in [7, 11) is 1.86. The molecule has 0 aromatic heterocycles. The van der Waals surface area contributed by atoms with Gasteiger partial charge < -0.3 is 20.2 Å². The Morgan fingerprint density at radius 2 is 1.92 bits per heavy atom. The second-order valence-corrected chi connectivity index (χ2v) is 7.32. The van der Waals surface area contributed by atoms with Crippen molar-refractivity contribution in [3.63, 3.8) is 0 Å². The molecule has 2 N–H and O–H groups in total. The maximum Gasteiger partial charge on any atom is 0.193 e. The molecule has 6 heteroatoms. The van der Waals surface area contributed by atoms with Gasteiger partial charge in [0.15, 0.2) is 5.96 Å². The third-order valence-electron chi connectivity index (χ3n) is 5.64. The molecule has 0 saturated carbocycles. The maximum absolute atomic E-state index is 10.0. The van der Waals surface area contributed by atoms with Crippen LogP contribution in [0.15, 0.2) is 29.3 Å². The molecule has 2 aliphatic rings. The molecule has 1 aromatic rings. The lowest BCUT2D eigenvalue weighted by atomic mass is 10.0. The number of benzene rings is 1. The van der Waals surface area contributed by atoms with Gasteiger partial charge in [-0.3, -0.25) is 9.89 Å². The first-order valence-corrected chi connectivity index (χ1v) is 9.91. The highest BCUT2D eigenvalue weighted by Gasteiger charge is 2.22. The number of aliphatic imine (C=N–C) groups is 1. The molecule has 1 atom stereocenters. The standard InChI is InChI=1S/C20H33N5O/c1-17-7-5-6-11-23(17)12-10-22-20(21-2)25-15-13-24(14-16-25)18-8-3-4-9-19(18)26/h3-4,8-9,17,26H,5-7,10-16H2,1-2H3,(H,21,22). The summed E-state index contributed by atoms with van der Waals surface area (Å²) < 4.78 is 0. The predicted octanol–water partition coefficient (Wildman–Crippen LogP) is 1.96. The number of rotatable bonds is 4. The summed E-state index contributed by atoms with van der Waals surface area (Å²) in [6.45, 7) is 9.19. The molecule has 1 unspecified atom stereocenters. The van der Waals surface area contributed by atoms with Crippen LogP contribution in [0, 0.1) is 0 Å². The summed E-state index contributed by atoms with van der Waals surface area (Å²) in [6.07, 6.45) is 4.02. The van der Waals surface area contributed by atoms with Gasteiger partial charge in [-0.05, 0) is 38.4 Å². The number of hydrogen-bond donors (Lipinski definition) is 2. The molecule has 144 valence electrons. The van der Waals surface area contributed by atoms with E-state index < -0.39 is 0 Å². The molecule has 0 aliphatic carbocycles. The zero-order valence-electron chi connectivity index (χ0n) is 16.2. The zero-order chi connectivity index (χ0) is 18.4. The molecular weight excluding hydrogens is 326 g/mol. The summed E-state index contributed by atoms with van der Waals surface area (Å²) in [5.41, 5.74) is 0.925. The quantitative estimate of drug-likeness (QED) is 0.636. The fourth-order valence-corrected chi connectivity index (χ4v) is 4.02. The van der Waals surface area contributed by atoms with Gasteiger partial charge in [-0.1, -0.05) is 18.6 Å². The van der Waals surface area contributed by atoms with Crippen LogP contribution in [0.2, 0.25) is 0 Å². The molecular formula is C20H33N5O. The Morgan fingerprint density at radius 1 is 1.15 bits per heavy atom. The second kappa shape index (κ2) is 9.12. The van der Waals surface area contributed by atoms with Crippen LogP contribution in [0.4, 0.5) is 5.69 Å². The Balaban J connectivity index is 1.45. The first kappa shape index (κ1) is 18.8. The predicted molar refractivity (Wildman–Crippen MR) is 108 cm³/mol. The summed E-state index contributed by atoms with van der Waals surface area (Å²) >= 11 is 0. The van der Waals surface area contributed by atoms with E-state index in [1.807, 2.05) is 25.2 Å². The monoisotopic (exact) mass is 359 g/mol. The van der Waals surface area contributed by atoms with Crippen molar-refractivity contribution >= 4 is 11.6 Å². The smallest absolute Gasteiger partial charge is 0.193 e. The molecule has 2 saturated heterocycles. The number of nitrogens with zero attached hydrogens (tertiary/aromatic N) is 4. The Labute approximate surface area is 157 Å². The lowest BCUT2D eigenvalue weighted by Gasteiger charge is -2.38. The van der Waals surface area contributed by atoms with Crippen molar-refractivity contribution in [3.05, 3.63) is 24.3 Å². The van der Waals surface area contributed by atoms with Crippen LogP contribution in [0.5, 0.6) is 5.75 Å². The number of aromatic hydroxyl groups is 1. The highest BCUT2D eigenvalue weighted by molar-refractivity contribution is 5.80. The number of piperazine rings is 1. The van der Waals surface area contributed by atoms with Crippen LogP contribution in [0.3, 0.4) is 0 Å². The van der Waals surface area contributed by atoms with Crippen LogP contribution in [-0.2, 0) is 0 Å². The highest BCUT2D eigenvalue weighted by Crippen LogP contribution is 2.27. The van der Waals surface area contributed by atoms with E-state index >= 15 is 0 Å². The number of phenols is 1. The number of piperidine rings is 1. The Kier molecular flexibility index (Phi) is 6.61. The van der Waals surface area contributed by atoms with Gasteiger partial charge in [-0.15, -0.1) is 0 Å². The second-order valence-electron chi connectivity index (χ2n) is 7.32. The van der Waals surface area contributed by atoms with Gasteiger partial charge in [0.1, 0.15) is 5.75 Å². The number of likely N-dealkylation sites (tertiary alicyclic amines) is 1. The van der Waals surface area contributed by atoms with Crippen molar-refractivity contribution < 1.29 is 5.11 Å². The van der Waals surface area contributed by atoms with Crippen LogP contribution in [0.1, 0.15) is 26.2 Å². The molecule has 2 aliphatic heterocycles. The van der Waals surface area contributed by atoms with Crippen molar-refractivity contribution in [3.8, 4) is 5.75 Å². The Hall–Kier alpha value is -1.95. The number of para-hydroxylation sites is 2. The molecule has 6 nitrogen and oxygen atoms in total. The molecule has 0 bridgehead atoms. The minimum atomic E-state index is 0.360. The number of nitrogens with one attached hydrogen (secondary N) is 1. The van der Waals surface area contributed by atoms with Gasteiger partial charge >= 0.3 is 0 Å². The van der Waals surface area contributed by atoms with Crippen molar-refractivity contribution in [2.45, 2.75) is 32.2 Å². The lowest BCUT2D eigenvalue weighted by Crippen LogP contribution is -2.53. The van der Waals surface area contributed by atoms with Crippen molar-refractivity contribution in [2.24, 2.45) is 4.99 Å². The topological polar surface area (TPSA) is 54.3 Å². The zero-order valence-corrected chi connectivity index (χ0v) is 16.2. The molecule has 0 spiro atoms. The average Bonchev–Trinajstić information content (AvgIpc) is 2.67. The maximum atomic E-state index is 10.0. The van der Waals surface area contributed by atoms with E-state index in [9.17, 15) is 5.11 Å². The molecule has 1 aromatic carbocycles. The first-order chi connectivity index (χ1) is 12.7. The van der Waals surface area contributed by atoms with E-state index in [-0.39, 0.29) is 0 Å². The summed E-state index contributed by atoms with van der Waals surface area (Å²) in [5.74, 6) is 1.35. The number of anilines is 1. The van der Waals surface area contributed by atoms with Crippen LogP contribution >= 0.6 is 0 Å². The number of phenolic OH excluding ortho intramolecular Hbond substituents is 1. The molecule has 26 heavy (non-hydrogen) atoms. The largest absolute Gasteiger partial charge is 0.506 e. The van der Waals surface area contributed by atoms with E-state index in [4.69, 9.17) is 0 Å². The van der Waals surface area contributed by atoms with E-state index in [0.717, 1.165) is 50.9 Å². The summed E-state index contributed by atoms with van der Waals surface area (Å²) in [6, 6.07) is 8.28. The van der Waals surface area contributed by atoms with Gasteiger partial charge in [0.05, 0.1) is 5.69 Å². The fourth-order valence-electron chi connectivity index (χ4n) is 4.02. The lowest BCUT2D eigenvalue weighted by molar-refractivity contribution is 0.163. The average molecular weight is 360 g/mol. The first-order valence-electron chi connectivity index (χ1n) is 9.91. The van der Waals surface area contributed by atoms with Crippen molar-refractivity contribution in [1.82, 2.24) is 15.1 Å². The van der Waals surface area contributed by atoms with Crippen molar-refractivity contribution in [1.29, 1.82) is 0 Å². The van der Waals surface area contributed by atoms with E-state index in [2.05, 4.69) is 31.9 Å². The number of guanidine groups is 1. The van der Waals surface area contributed by atoms with Crippen LogP contribution in [-0.4, -0.2) is 79.8 Å². The minimum absolute atomic E-state index is 0.360. The van der Waals surface area contributed by atoms with Crippen LogP contribution < -0.4 is 10.2 Å². The molecule has 3 rings (SSSR count).